The first-order valence-corrected chi connectivity index (χ1v) is 5.87. The summed E-state index contributed by atoms with van der Waals surface area (Å²) in [7, 11) is 1.73. The number of carbonyl (C=O) groups excluding carboxylic acids is 1. The third-order valence-electron chi connectivity index (χ3n) is 2.85. The molecule has 0 aromatic rings. The first-order valence-electron chi connectivity index (χ1n) is 5.87. The number of nitrogens with one attached hydrogen (secondary N) is 1. The second kappa shape index (κ2) is 8.19. The molecule has 6 nitrogen and oxygen atoms in total. The van der Waals surface area contributed by atoms with Crippen molar-refractivity contribution in [3.63, 3.8) is 0 Å². The Bertz CT molecular complexity index is 250. The quantitative estimate of drug-likeness (QED) is 0.265. The number of nitrogens with zero attached hydrogens (tertiary/aromatic N) is 2. The number of carbonyl (C=O) groups is 1. The molecule has 1 rings (SSSR count). The van der Waals surface area contributed by atoms with Crippen LogP contribution in [0.4, 0.5) is 0 Å². The van der Waals surface area contributed by atoms with Crippen LogP contribution >= 0.6 is 0 Å². The summed E-state index contributed by atoms with van der Waals surface area (Å²) in [5.41, 5.74) is 2.07. The number of hydrogen-bond acceptors (Lipinski definition) is 5. The average molecular weight is 242 g/mol. The fourth-order valence-corrected chi connectivity index (χ4v) is 1.77. The third kappa shape index (κ3) is 5.78. The molecule has 0 saturated carbocycles. The molecule has 1 aliphatic rings. The van der Waals surface area contributed by atoms with E-state index < -0.39 is 0 Å². The molecule has 1 heterocycles. The summed E-state index contributed by atoms with van der Waals surface area (Å²) in [6.07, 6.45) is 3.31. The minimum Gasteiger partial charge on any atom is -0.383 e. The van der Waals surface area contributed by atoms with Crippen molar-refractivity contribution in [2.45, 2.75) is 0 Å². The van der Waals surface area contributed by atoms with Crippen LogP contribution < -0.4 is 11.3 Å². The monoisotopic (exact) mass is 242 g/mol. The largest absolute Gasteiger partial charge is 0.383 e. The Kier molecular flexibility index (Phi) is 6.80. The van der Waals surface area contributed by atoms with Crippen molar-refractivity contribution < 1.29 is 9.53 Å². The van der Waals surface area contributed by atoms with Crippen molar-refractivity contribution >= 4 is 5.91 Å². The number of ether oxygens (including phenoxy) is 1. The molecular formula is C11H22N4O2. The molecule has 1 saturated heterocycles. The summed E-state index contributed by atoms with van der Waals surface area (Å²) in [5.74, 6) is 4.71. The highest BCUT2D eigenvalue weighted by Crippen LogP contribution is 2.01. The Balaban J connectivity index is 2.14. The van der Waals surface area contributed by atoms with Gasteiger partial charge in [0.25, 0.3) is 5.91 Å². The number of hydrazine groups is 1. The van der Waals surface area contributed by atoms with Gasteiger partial charge in [-0.05, 0) is 0 Å². The lowest BCUT2D eigenvalue weighted by Gasteiger charge is -2.33. The zero-order chi connectivity index (χ0) is 12.5. The topological polar surface area (TPSA) is 70.8 Å². The van der Waals surface area contributed by atoms with Crippen LogP contribution in [0.15, 0.2) is 12.2 Å². The molecule has 0 aromatic carbocycles. The Morgan fingerprint density at radius 3 is 2.59 bits per heavy atom. The average Bonchev–Trinajstić information content (AvgIpc) is 2.37. The van der Waals surface area contributed by atoms with Crippen LogP contribution in [-0.4, -0.2) is 68.7 Å². The van der Waals surface area contributed by atoms with E-state index in [4.69, 9.17) is 10.6 Å². The minimum absolute atomic E-state index is 0.260. The summed E-state index contributed by atoms with van der Waals surface area (Å²) < 4.78 is 5.05. The summed E-state index contributed by atoms with van der Waals surface area (Å²) >= 11 is 0. The van der Waals surface area contributed by atoms with E-state index in [1.807, 2.05) is 6.08 Å². The third-order valence-corrected chi connectivity index (χ3v) is 2.85. The van der Waals surface area contributed by atoms with Crippen molar-refractivity contribution in [1.29, 1.82) is 0 Å². The van der Waals surface area contributed by atoms with Gasteiger partial charge in [0, 0.05) is 52.5 Å². The Labute approximate surface area is 102 Å². The van der Waals surface area contributed by atoms with Gasteiger partial charge in [-0.2, -0.15) is 0 Å². The maximum atomic E-state index is 10.9. The Hall–Kier alpha value is -0.950. The van der Waals surface area contributed by atoms with Gasteiger partial charge in [0.15, 0.2) is 0 Å². The van der Waals surface area contributed by atoms with Crippen molar-refractivity contribution in [2.24, 2.45) is 5.84 Å². The second-order valence-corrected chi connectivity index (χ2v) is 4.05. The van der Waals surface area contributed by atoms with Crippen molar-refractivity contribution in [2.75, 3.05) is 53.0 Å². The number of methoxy groups -OCH3 is 1. The van der Waals surface area contributed by atoms with Crippen LogP contribution in [0.1, 0.15) is 0 Å². The number of amides is 1. The summed E-state index contributed by atoms with van der Waals surface area (Å²) in [6, 6.07) is 0. The second-order valence-electron chi connectivity index (χ2n) is 4.05. The molecule has 17 heavy (non-hydrogen) atoms. The number of piperazine rings is 1. The Morgan fingerprint density at radius 1 is 1.35 bits per heavy atom. The fraction of sp³-hybridized carbons (Fsp3) is 0.727. The van der Waals surface area contributed by atoms with Crippen LogP contribution in [0.2, 0.25) is 0 Å². The first kappa shape index (κ1) is 14.1. The fourth-order valence-electron chi connectivity index (χ4n) is 1.77. The maximum absolute atomic E-state index is 10.9. The van der Waals surface area contributed by atoms with Crippen molar-refractivity contribution in [3.05, 3.63) is 12.2 Å². The molecule has 6 heteroatoms. The molecule has 1 aliphatic heterocycles. The highest BCUT2D eigenvalue weighted by molar-refractivity contribution is 5.86. The lowest BCUT2D eigenvalue weighted by molar-refractivity contribution is -0.116. The van der Waals surface area contributed by atoms with Crippen molar-refractivity contribution in [1.82, 2.24) is 15.2 Å². The molecule has 1 fully saturated rings. The highest BCUT2D eigenvalue weighted by atomic mass is 16.5. The van der Waals surface area contributed by atoms with Gasteiger partial charge >= 0.3 is 0 Å². The highest BCUT2D eigenvalue weighted by Gasteiger charge is 2.14. The molecular weight excluding hydrogens is 220 g/mol. The zero-order valence-corrected chi connectivity index (χ0v) is 10.4. The lowest BCUT2D eigenvalue weighted by Crippen LogP contribution is -2.47. The van der Waals surface area contributed by atoms with Gasteiger partial charge in [-0.1, -0.05) is 6.08 Å². The van der Waals surface area contributed by atoms with Gasteiger partial charge in [0.2, 0.25) is 0 Å². The molecule has 0 aromatic heterocycles. The van der Waals surface area contributed by atoms with Gasteiger partial charge in [-0.25, -0.2) is 5.84 Å². The predicted octanol–water partition coefficient (Wildman–Crippen LogP) is -1.20. The molecule has 0 unspecified atom stereocenters. The minimum atomic E-state index is -0.260. The van der Waals surface area contributed by atoms with Crippen LogP contribution in [0.25, 0.3) is 0 Å². The predicted molar refractivity (Wildman–Crippen MR) is 66.2 cm³/mol. The van der Waals surface area contributed by atoms with Crippen LogP contribution in [0, 0.1) is 0 Å². The molecule has 0 spiro atoms. The van der Waals surface area contributed by atoms with E-state index in [9.17, 15) is 4.79 Å². The van der Waals surface area contributed by atoms with Gasteiger partial charge in [0.1, 0.15) is 0 Å². The van der Waals surface area contributed by atoms with Crippen molar-refractivity contribution in [3.8, 4) is 0 Å². The van der Waals surface area contributed by atoms with E-state index in [1.54, 1.807) is 7.11 Å². The van der Waals surface area contributed by atoms with Gasteiger partial charge in [0.05, 0.1) is 6.61 Å². The molecule has 0 atom stereocenters. The molecule has 0 aliphatic carbocycles. The number of hydrogen-bond donors (Lipinski definition) is 2. The van der Waals surface area contributed by atoms with Gasteiger partial charge < -0.3 is 4.74 Å². The molecule has 0 radical (unpaired) electrons. The molecule has 1 amide bonds. The summed E-state index contributed by atoms with van der Waals surface area (Å²) in [4.78, 5) is 15.6. The smallest absolute Gasteiger partial charge is 0.257 e. The normalized spacial score (nSPS) is 18.7. The first-order chi connectivity index (χ1) is 8.26. The van der Waals surface area contributed by atoms with E-state index in [0.29, 0.717) is 0 Å². The van der Waals surface area contributed by atoms with Crippen LogP contribution in [-0.2, 0) is 9.53 Å². The van der Waals surface area contributed by atoms with E-state index >= 15 is 0 Å². The standard InChI is InChI=1S/C11H22N4O2/c1-17-10-9-15-7-5-14(6-8-15)4-2-3-11(16)13-12/h2-3H,4-10,12H2,1H3,(H,13,16)/b3-2+. The molecule has 3 N–H and O–H groups in total. The molecule has 98 valence electrons. The number of rotatable bonds is 6. The van der Waals surface area contributed by atoms with E-state index in [0.717, 1.165) is 45.9 Å². The summed E-state index contributed by atoms with van der Waals surface area (Å²) in [6.45, 7) is 6.75. The van der Waals surface area contributed by atoms with E-state index in [1.165, 1.54) is 6.08 Å². The van der Waals surface area contributed by atoms with E-state index in [-0.39, 0.29) is 5.91 Å². The lowest BCUT2D eigenvalue weighted by atomic mass is 10.3. The van der Waals surface area contributed by atoms with Gasteiger partial charge in [-0.3, -0.25) is 20.0 Å². The van der Waals surface area contributed by atoms with Gasteiger partial charge in [-0.15, -0.1) is 0 Å². The zero-order valence-electron chi connectivity index (χ0n) is 10.4. The maximum Gasteiger partial charge on any atom is 0.257 e. The van der Waals surface area contributed by atoms with E-state index in [2.05, 4.69) is 15.2 Å². The van der Waals surface area contributed by atoms with Crippen LogP contribution in [0.3, 0.4) is 0 Å². The SMILES string of the molecule is COCCN1CCN(C/C=C/C(=O)NN)CC1. The molecule has 0 bridgehead atoms. The summed E-state index contributed by atoms with van der Waals surface area (Å²) in [5, 5.41) is 0. The van der Waals surface area contributed by atoms with Crippen LogP contribution in [0.5, 0.6) is 0 Å². The number of nitrogens with two attached hydrogens (primary N) is 1. The Morgan fingerprint density at radius 2 is 2.00 bits per heavy atom.